The molecule has 0 saturated carbocycles. The molecule has 0 N–H and O–H groups in total. The summed E-state index contributed by atoms with van der Waals surface area (Å²) in [5, 5.41) is 0. The molecule has 0 amide bonds. The lowest BCUT2D eigenvalue weighted by Crippen LogP contribution is -1.95. The van der Waals surface area contributed by atoms with Crippen molar-refractivity contribution >= 4 is 11.9 Å². The minimum atomic E-state index is 0.686. The normalized spacial score (nSPS) is 10.7. The largest absolute Gasteiger partial charge is 0.493 e. The number of benzene rings is 3. The number of methoxy groups -OCH3 is 2. The summed E-state index contributed by atoms with van der Waals surface area (Å²) in [6.07, 6.45) is 1.82. The van der Waals surface area contributed by atoms with E-state index in [0.717, 1.165) is 28.3 Å². The third-order valence-electron chi connectivity index (χ3n) is 3.94. The number of aryl methyl sites for hydroxylation is 1. The van der Waals surface area contributed by atoms with Gasteiger partial charge in [0.2, 0.25) is 0 Å². The summed E-state index contributed by atoms with van der Waals surface area (Å²) in [5.74, 6) is 2.98. The van der Waals surface area contributed by atoms with Crippen LogP contribution in [0, 0.1) is 6.92 Å². The van der Waals surface area contributed by atoms with Gasteiger partial charge in [0.05, 0.1) is 19.9 Å². The molecular weight excluding hydrogens is 326 g/mol. The van der Waals surface area contributed by atoms with Crippen molar-refractivity contribution in [3.8, 4) is 23.0 Å². The SMILES string of the molecule is COc1cc(C)c(C=Nc2ccc(Oc3ccccc3)cc2)cc1OC. The summed E-state index contributed by atoms with van der Waals surface area (Å²) in [7, 11) is 3.25. The predicted molar refractivity (Wildman–Crippen MR) is 104 cm³/mol. The number of para-hydroxylation sites is 1. The Balaban J connectivity index is 1.75. The molecule has 132 valence electrons. The third kappa shape index (κ3) is 4.22. The van der Waals surface area contributed by atoms with Crippen molar-refractivity contribution in [1.29, 1.82) is 0 Å². The molecule has 0 bridgehead atoms. The summed E-state index contributed by atoms with van der Waals surface area (Å²) in [6.45, 7) is 2.01. The molecule has 0 aliphatic rings. The summed E-state index contributed by atoms with van der Waals surface area (Å²) in [4.78, 5) is 4.54. The molecule has 0 aliphatic heterocycles. The highest BCUT2D eigenvalue weighted by Crippen LogP contribution is 2.30. The fourth-order valence-corrected chi connectivity index (χ4v) is 2.50. The summed E-state index contributed by atoms with van der Waals surface area (Å²) in [6, 6.07) is 21.2. The third-order valence-corrected chi connectivity index (χ3v) is 3.94. The molecule has 3 rings (SSSR count). The zero-order valence-corrected chi connectivity index (χ0v) is 15.1. The first kappa shape index (κ1) is 17.5. The second-order valence-electron chi connectivity index (χ2n) is 5.73. The maximum atomic E-state index is 5.79. The van der Waals surface area contributed by atoms with Gasteiger partial charge in [-0.05, 0) is 66.6 Å². The minimum Gasteiger partial charge on any atom is -0.493 e. The van der Waals surface area contributed by atoms with Crippen LogP contribution in [0.15, 0.2) is 71.7 Å². The second kappa shape index (κ2) is 8.21. The number of nitrogens with zero attached hydrogens (tertiary/aromatic N) is 1. The molecule has 3 aromatic carbocycles. The molecule has 0 heterocycles. The topological polar surface area (TPSA) is 40.0 Å². The highest BCUT2D eigenvalue weighted by molar-refractivity contribution is 5.85. The van der Waals surface area contributed by atoms with E-state index in [4.69, 9.17) is 14.2 Å². The molecule has 26 heavy (non-hydrogen) atoms. The van der Waals surface area contributed by atoms with Gasteiger partial charge in [-0.3, -0.25) is 4.99 Å². The van der Waals surface area contributed by atoms with Crippen LogP contribution in [-0.4, -0.2) is 20.4 Å². The number of aliphatic imine (C=N–C) groups is 1. The fraction of sp³-hybridized carbons (Fsp3) is 0.136. The van der Waals surface area contributed by atoms with Gasteiger partial charge in [-0.2, -0.15) is 0 Å². The Labute approximate surface area is 153 Å². The standard InChI is InChI=1S/C22H21NO3/c1-16-13-21(24-2)22(25-3)14-17(16)15-23-18-9-11-20(12-10-18)26-19-7-5-4-6-8-19/h4-15H,1-3H3. The monoisotopic (exact) mass is 347 g/mol. The Hall–Kier alpha value is -3.27. The Kier molecular flexibility index (Phi) is 5.54. The van der Waals surface area contributed by atoms with Crippen LogP contribution in [0.1, 0.15) is 11.1 Å². The maximum Gasteiger partial charge on any atom is 0.161 e. The first-order chi connectivity index (χ1) is 12.7. The van der Waals surface area contributed by atoms with Crippen molar-refractivity contribution in [2.75, 3.05) is 14.2 Å². The molecule has 0 saturated heterocycles. The van der Waals surface area contributed by atoms with Gasteiger partial charge in [-0.1, -0.05) is 18.2 Å². The van der Waals surface area contributed by atoms with Crippen LogP contribution >= 0.6 is 0 Å². The van der Waals surface area contributed by atoms with Crippen molar-refractivity contribution in [3.63, 3.8) is 0 Å². The maximum absolute atomic E-state index is 5.79. The van der Waals surface area contributed by atoms with E-state index < -0.39 is 0 Å². The van der Waals surface area contributed by atoms with Crippen molar-refractivity contribution in [1.82, 2.24) is 0 Å². The van der Waals surface area contributed by atoms with Crippen molar-refractivity contribution in [2.24, 2.45) is 4.99 Å². The molecule has 0 atom stereocenters. The molecular formula is C22H21NO3. The van der Waals surface area contributed by atoms with E-state index in [2.05, 4.69) is 4.99 Å². The van der Waals surface area contributed by atoms with E-state index in [9.17, 15) is 0 Å². The van der Waals surface area contributed by atoms with Gasteiger partial charge >= 0.3 is 0 Å². The molecule has 0 radical (unpaired) electrons. The van der Waals surface area contributed by atoms with Gasteiger partial charge in [0, 0.05) is 6.21 Å². The first-order valence-electron chi connectivity index (χ1n) is 8.29. The van der Waals surface area contributed by atoms with E-state index in [1.54, 1.807) is 14.2 Å². The number of ether oxygens (including phenoxy) is 3. The molecule has 4 heteroatoms. The van der Waals surface area contributed by atoms with E-state index in [1.165, 1.54) is 0 Å². The van der Waals surface area contributed by atoms with Crippen molar-refractivity contribution < 1.29 is 14.2 Å². The number of rotatable bonds is 6. The fourth-order valence-electron chi connectivity index (χ4n) is 2.50. The van der Waals surface area contributed by atoms with E-state index in [1.807, 2.05) is 79.9 Å². The van der Waals surface area contributed by atoms with E-state index in [-0.39, 0.29) is 0 Å². The van der Waals surface area contributed by atoms with Crippen LogP contribution in [0.25, 0.3) is 0 Å². The van der Waals surface area contributed by atoms with Gasteiger partial charge in [-0.25, -0.2) is 0 Å². The van der Waals surface area contributed by atoms with Crippen LogP contribution in [0.2, 0.25) is 0 Å². The van der Waals surface area contributed by atoms with Crippen LogP contribution in [-0.2, 0) is 0 Å². The van der Waals surface area contributed by atoms with Crippen LogP contribution in [0.4, 0.5) is 5.69 Å². The molecule has 0 aliphatic carbocycles. The smallest absolute Gasteiger partial charge is 0.161 e. The molecule has 0 fully saturated rings. The molecule has 4 nitrogen and oxygen atoms in total. The van der Waals surface area contributed by atoms with E-state index >= 15 is 0 Å². The molecule has 3 aromatic rings. The average molecular weight is 347 g/mol. The van der Waals surface area contributed by atoms with Crippen LogP contribution in [0.3, 0.4) is 0 Å². The van der Waals surface area contributed by atoms with Crippen molar-refractivity contribution in [3.05, 3.63) is 77.9 Å². The lowest BCUT2D eigenvalue weighted by atomic mass is 10.1. The lowest BCUT2D eigenvalue weighted by molar-refractivity contribution is 0.354. The summed E-state index contributed by atoms with van der Waals surface area (Å²) >= 11 is 0. The minimum absolute atomic E-state index is 0.686. The molecule has 0 unspecified atom stereocenters. The quantitative estimate of drug-likeness (QED) is 0.548. The van der Waals surface area contributed by atoms with Gasteiger partial charge in [0.15, 0.2) is 11.5 Å². The number of hydrogen-bond donors (Lipinski definition) is 0. The Morgan fingerprint density at radius 1 is 0.769 bits per heavy atom. The Morgan fingerprint density at radius 3 is 2.04 bits per heavy atom. The van der Waals surface area contributed by atoms with E-state index in [0.29, 0.717) is 11.5 Å². The van der Waals surface area contributed by atoms with Gasteiger partial charge in [0.25, 0.3) is 0 Å². The van der Waals surface area contributed by atoms with Crippen LogP contribution < -0.4 is 14.2 Å². The van der Waals surface area contributed by atoms with Gasteiger partial charge in [-0.15, -0.1) is 0 Å². The lowest BCUT2D eigenvalue weighted by Gasteiger charge is -2.10. The van der Waals surface area contributed by atoms with Gasteiger partial charge < -0.3 is 14.2 Å². The number of hydrogen-bond acceptors (Lipinski definition) is 4. The highest BCUT2D eigenvalue weighted by Gasteiger charge is 2.07. The molecule has 0 aromatic heterocycles. The zero-order chi connectivity index (χ0) is 18.4. The van der Waals surface area contributed by atoms with Crippen LogP contribution in [0.5, 0.6) is 23.0 Å². The highest BCUT2D eigenvalue weighted by atomic mass is 16.5. The predicted octanol–water partition coefficient (Wildman–Crippen LogP) is 5.56. The Bertz CT molecular complexity index is 887. The Morgan fingerprint density at radius 2 is 1.38 bits per heavy atom. The molecule has 0 spiro atoms. The van der Waals surface area contributed by atoms with Gasteiger partial charge in [0.1, 0.15) is 11.5 Å². The summed E-state index contributed by atoms with van der Waals surface area (Å²) < 4.78 is 16.5. The zero-order valence-electron chi connectivity index (χ0n) is 15.1. The summed E-state index contributed by atoms with van der Waals surface area (Å²) in [5.41, 5.74) is 2.89. The van der Waals surface area contributed by atoms with Crippen molar-refractivity contribution in [2.45, 2.75) is 6.92 Å². The average Bonchev–Trinajstić information content (AvgIpc) is 2.68. The first-order valence-corrected chi connectivity index (χ1v) is 8.29. The second-order valence-corrected chi connectivity index (χ2v) is 5.73.